The summed E-state index contributed by atoms with van der Waals surface area (Å²) in [4.78, 5) is 6.88. The maximum Gasteiger partial charge on any atom is 0.0817 e. The van der Waals surface area contributed by atoms with Gasteiger partial charge in [-0.25, -0.2) is 0 Å². The number of benzene rings is 2. The van der Waals surface area contributed by atoms with Crippen LogP contribution >= 0.6 is 23.2 Å². The van der Waals surface area contributed by atoms with Gasteiger partial charge in [0.2, 0.25) is 0 Å². The smallest absolute Gasteiger partial charge is 0.0817 e. The summed E-state index contributed by atoms with van der Waals surface area (Å²) in [7, 11) is 0. The fourth-order valence-corrected chi connectivity index (χ4v) is 3.11. The van der Waals surface area contributed by atoms with Gasteiger partial charge in [-0.1, -0.05) is 35.3 Å². The Morgan fingerprint density at radius 2 is 1.64 bits per heavy atom. The summed E-state index contributed by atoms with van der Waals surface area (Å²) in [5, 5.41) is 1.18. The van der Waals surface area contributed by atoms with E-state index in [4.69, 9.17) is 23.2 Å². The lowest BCUT2D eigenvalue weighted by Crippen LogP contribution is -2.29. The largest absolute Gasteiger partial charge is 0.372 e. The highest BCUT2D eigenvalue weighted by Crippen LogP contribution is 2.28. The first-order valence-electron chi connectivity index (χ1n) is 7.56. The van der Waals surface area contributed by atoms with Crippen LogP contribution in [0.15, 0.2) is 47.5 Å². The minimum Gasteiger partial charge on any atom is -0.372 e. The van der Waals surface area contributed by atoms with Gasteiger partial charge >= 0.3 is 0 Å². The molecule has 0 aliphatic carbocycles. The molecule has 0 spiro atoms. The topological polar surface area (TPSA) is 15.6 Å². The Morgan fingerprint density at radius 1 is 0.909 bits per heavy atom. The third kappa shape index (κ3) is 3.82. The molecular formula is C18H18Cl2N2. The van der Waals surface area contributed by atoms with Crippen LogP contribution in [0, 0.1) is 0 Å². The molecule has 2 nitrogen and oxygen atoms in total. The molecule has 0 saturated carbocycles. The van der Waals surface area contributed by atoms with E-state index in [-0.39, 0.29) is 0 Å². The molecule has 1 heterocycles. The molecule has 0 radical (unpaired) electrons. The monoisotopic (exact) mass is 332 g/mol. The van der Waals surface area contributed by atoms with Crippen molar-refractivity contribution in [3.63, 3.8) is 0 Å². The van der Waals surface area contributed by atoms with Gasteiger partial charge in [0.15, 0.2) is 0 Å². The third-order valence-electron chi connectivity index (χ3n) is 3.88. The van der Waals surface area contributed by atoms with Crippen LogP contribution in [-0.2, 0) is 0 Å². The predicted molar refractivity (Wildman–Crippen MR) is 96.2 cm³/mol. The second-order valence-corrected chi connectivity index (χ2v) is 6.34. The normalized spacial score (nSPS) is 15.5. The van der Waals surface area contributed by atoms with Crippen molar-refractivity contribution in [1.29, 1.82) is 0 Å². The lowest BCUT2D eigenvalue weighted by atomic mass is 10.1. The van der Waals surface area contributed by atoms with Gasteiger partial charge in [-0.15, -0.1) is 0 Å². The van der Waals surface area contributed by atoms with Crippen molar-refractivity contribution in [2.75, 3.05) is 18.0 Å². The van der Waals surface area contributed by atoms with Gasteiger partial charge in [-0.3, -0.25) is 4.99 Å². The first-order chi connectivity index (χ1) is 10.7. The van der Waals surface area contributed by atoms with Gasteiger partial charge < -0.3 is 4.90 Å². The zero-order valence-electron chi connectivity index (χ0n) is 12.3. The van der Waals surface area contributed by atoms with Gasteiger partial charge in [0, 0.05) is 30.0 Å². The van der Waals surface area contributed by atoms with Crippen molar-refractivity contribution >= 4 is 40.8 Å². The van der Waals surface area contributed by atoms with Crippen molar-refractivity contribution in [3.8, 4) is 0 Å². The number of piperidine rings is 1. The summed E-state index contributed by atoms with van der Waals surface area (Å²) in [5.74, 6) is 0. The van der Waals surface area contributed by atoms with Crippen molar-refractivity contribution in [1.82, 2.24) is 0 Å². The van der Waals surface area contributed by atoms with E-state index in [1.165, 1.54) is 24.9 Å². The highest BCUT2D eigenvalue weighted by molar-refractivity contribution is 6.36. The summed E-state index contributed by atoms with van der Waals surface area (Å²) in [6.45, 7) is 2.32. The summed E-state index contributed by atoms with van der Waals surface area (Å²) in [6.07, 6.45) is 5.76. The van der Waals surface area contributed by atoms with E-state index < -0.39 is 0 Å². The molecule has 0 atom stereocenters. The molecule has 114 valence electrons. The number of halogens is 2. The Labute approximate surface area is 141 Å². The molecule has 1 fully saturated rings. The number of aliphatic imine (C=N–C) groups is 1. The molecule has 2 aromatic carbocycles. The Kier molecular flexibility index (Phi) is 5.01. The van der Waals surface area contributed by atoms with Crippen LogP contribution in [-0.4, -0.2) is 19.3 Å². The van der Waals surface area contributed by atoms with Crippen LogP contribution in [0.4, 0.5) is 11.4 Å². The van der Waals surface area contributed by atoms with Gasteiger partial charge in [0.1, 0.15) is 0 Å². The quantitative estimate of drug-likeness (QED) is 0.655. The van der Waals surface area contributed by atoms with Crippen molar-refractivity contribution in [2.24, 2.45) is 4.99 Å². The van der Waals surface area contributed by atoms with Crippen LogP contribution < -0.4 is 4.90 Å². The lowest BCUT2D eigenvalue weighted by molar-refractivity contribution is 0.578. The summed E-state index contributed by atoms with van der Waals surface area (Å²) < 4.78 is 0. The Hall–Kier alpha value is -1.51. The standard InChI is InChI=1S/C18H18Cl2N2/c19-15-6-9-18(17(20)12-15)21-13-14-4-7-16(8-5-14)22-10-2-1-3-11-22/h4-9,12-13H,1-3,10-11H2. The van der Waals surface area contributed by atoms with Gasteiger partial charge in [0.05, 0.1) is 10.7 Å². The number of nitrogens with zero attached hydrogens (tertiary/aromatic N) is 2. The zero-order valence-corrected chi connectivity index (χ0v) is 13.8. The van der Waals surface area contributed by atoms with Crippen molar-refractivity contribution in [3.05, 3.63) is 58.1 Å². The maximum atomic E-state index is 6.12. The van der Waals surface area contributed by atoms with E-state index in [0.717, 1.165) is 24.3 Å². The van der Waals surface area contributed by atoms with Gasteiger partial charge in [0.25, 0.3) is 0 Å². The highest BCUT2D eigenvalue weighted by atomic mass is 35.5. The summed E-state index contributed by atoms with van der Waals surface area (Å²) in [6, 6.07) is 13.8. The fraction of sp³-hybridized carbons (Fsp3) is 0.278. The number of hydrogen-bond acceptors (Lipinski definition) is 2. The molecule has 0 amide bonds. The van der Waals surface area contributed by atoms with Crippen LogP contribution in [0.5, 0.6) is 0 Å². The first-order valence-corrected chi connectivity index (χ1v) is 8.32. The molecular weight excluding hydrogens is 315 g/mol. The number of anilines is 1. The minimum absolute atomic E-state index is 0.564. The molecule has 0 N–H and O–H groups in total. The average Bonchev–Trinajstić information content (AvgIpc) is 2.55. The summed E-state index contributed by atoms with van der Waals surface area (Å²) >= 11 is 12.0. The molecule has 1 aliphatic rings. The second kappa shape index (κ2) is 7.17. The molecule has 0 aromatic heterocycles. The molecule has 0 unspecified atom stereocenters. The van der Waals surface area contributed by atoms with Gasteiger partial charge in [-0.2, -0.15) is 0 Å². The lowest BCUT2D eigenvalue weighted by Gasteiger charge is -2.28. The van der Waals surface area contributed by atoms with E-state index in [2.05, 4.69) is 34.2 Å². The summed E-state index contributed by atoms with van der Waals surface area (Å²) in [5.41, 5.74) is 3.08. The molecule has 22 heavy (non-hydrogen) atoms. The molecule has 4 heteroatoms. The Balaban J connectivity index is 1.71. The molecule has 1 saturated heterocycles. The molecule has 1 aliphatic heterocycles. The average molecular weight is 333 g/mol. The number of hydrogen-bond donors (Lipinski definition) is 0. The third-order valence-corrected chi connectivity index (χ3v) is 4.41. The predicted octanol–water partition coefficient (Wildman–Crippen LogP) is 5.73. The van der Waals surface area contributed by atoms with E-state index in [1.807, 2.05) is 12.3 Å². The Bertz CT molecular complexity index is 659. The SMILES string of the molecule is Clc1ccc(N=Cc2ccc(N3CCCCC3)cc2)c(Cl)c1. The van der Waals surface area contributed by atoms with Crippen LogP contribution in [0.2, 0.25) is 10.0 Å². The number of rotatable bonds is 3. The van der Waals surface area contributed by atoms with E-state index in [0.29, 0.717) is 10.0 Å². The highest BCUT2D eigenvalue weighted by Gasteiger charge is 2.10. The van der Waals surface area contributed by atoms with Gasteiger partial charge in [-0.05, 0) is 55.2 Å². The van der Waals surface area contributed by atoms with E-state index in [1.54, 1.807) is 12.1 Å². The maximum absolute atomic E-state index is 6.12. The van der Waals surface area contributed by atoms with Crippen LogP contribution in [0.25, 0.3) is 0 Å². The van der Waals surface area contributed by atoms with E-state index >= 15 is 0 Å². The van der Waals surface area contributed by atoms with Crippen LogP contribution in [0.1, 0.15) is 24.8 Å². The zero-order chi connectivity index (χ0) is 15.4. The Morgan fingerprint density at radius 3 is 2.32 bits per heavy atom. The molecule has 2 aromatic rings. The van der Waals surface area contributed by atoms with Crippen LogP contribution in [0.3, 0.4) is 0 Å². The molecule has 3 rings (SSSR count). The van der Waals surface area contributed by atoms with E-state index in [9.17, 15) is 0 Å². The van der Waals surface area contributed by atoms with Crippen molar-refractivity contribution in [2.45, 2.75) is 19.3 Å². The van der Waals surface area contributed by atoms with Crippen molar-refractivity contribution < 1.29 is 0 Å². The minimum atomic E-state index is 0.564. The first kappa shape index (κ1) is 15.4. The second-order valence-electron chi connectivity index (χ2n) is 5.49. The molecule has 0 bridgehead atoms. The fourth-order valence-electron chi connectivity index (χ4n) is 2.65.